The van der Waals surface area contributed by atoms with Gasteiger partial charge in [-0.2, -0.15) is 0 Å². The Balaban J connectivity index is 1.70. The molecule has 1 heterocycles. The van der Waals surface area contributed by atoms with Crippen LogP contribution in [0.4, 0.5) is 5.69 Å². The first-order valence-corrected chi connectivity index (χ1v) is 6.96. The van der Waals surface area contributed by atoms with Crippen LogP contribution in [-0.2, 0) is 0 Å². The molecule has 108 valence electrons. The summed E-state index contributed by atoms with van der Waals surface area (Å²) < 4.78 is 1.72. The van der Waals surface area contributed by atoms with Gasteiger partial charge in [-0.3, -0.25) is 14.9 Å². The number of aromatic nitrogens is 1. The van der Waals surface area contributed by atoms with Gasteiger partial charge in [0.2, 0.25) is 0 Å². The monoisotopic (exact) mass is 278 g/mol. The molecule has 2 aliphatic rings. The molecule has 0 bridgehead atoms. The normalized spacial score (nSPS) is 19.6. The third-order valence-electron chi connectivity index (χ3n) is 3.94. The lowest BCUT2D eigenvalue weighted by Crippen LogP contribution is -2.39. The van der Waals surface area contributed by atoms with E-state index in [2.05, 4.69) is 5.32 Å². The van der Waals surface area contributed by atoms with Crippen molar-refractivity contribution in [3.05, 3.63) is 28.1 Å². The average molecular weight is 278 g/mol. The lowest BCUT2D eigenvalue weighted by molar-refractivity contribution is -0.384. The maximum atomic E-state index is 12.2. The summed E-state index contributed by atoms with van der Waals surface area (Å²) in [6.45, 7) is 0.424. The fourth-order valence-corrected chi connectivity index (χ4v) is 2.39. The number of nitrogens with zero attached hydrogens (tertiary/aromatic N) is 2. The van der Waals surface area contributed by atoms with E-state index in [0.717, 1.165) is 25.7 Å². The van der Waals surface area contributed by atoms with Crippen LogP contribution in [0.2, 0.25) is 0 Å². The molecule has 1 aromatic rings. The highest BCUT2D eigenvalue weighted by Gasteiger charge is 2.32. The van der Waals surface area contributed by atoms with E-state index in [1.807, 2.05) is 0 Å². The third-order valence-corrected chi connectivity index (χ3v) is 3.94. The maximum absolute atomic E-state index is 12.2. The van der Waals surface area contributed by atoms with Crippen LogP contribution in [0.3, 0.4) is 0 Å². The van der Waals surface area contributed by atoms with Gasteiger partial charge in [0.05, 0.1) is 11.1 Å². The predicted octanol–water partition coefficient (Wildman–Crippen LogP) is 1.20. The van der Waals surface area contributed by atoms with Gasteiger partial charge in [-0.05, 0) is 31.6 Å². The smallest absolute Gasteiger partial charge is 0.287 e. The van der Waals surface area contributed by atoms with Crippen LogP contribution in [0.15, 0.2) is 12.3 Å². The fraction of sp³-hybridized carbons (Fsp3) is 0.615. The van der Waals surface area contributed by atoms with Crippen LogP contribution in [0.25, 0.3) is 0 Å². The number of nitro groups is 1. The Hall–Kier alpha value is -1.89. The van der Waals surface area contributed by atoms with Crippen LogP contribution in [0.1, 0.15) is 42.2 Å². The van der Waals surface area contributed by atoms with E-state index in [1.54, 1.807) is 4.57 Å². The molecule has 2 fully saturated rings. The fourth-order valence-electron chi connectivity index (χ4n) is 2.39. The number of hydrogen-bond donors (Lipinski definition) is 2. The Labute approximate surface area is 116 Å². The molecule has 3 N–H and O–H groups in total. The quantitative estimate of drug-likeness (QED) is 0.602. The Morgan fingerprint density at radius 3 is 2.75 bits per heavy atom. The average Bonchev–Trinajstić information content (AvgIpc) is 3.32. The first kappa shape index (κ1) is 13.1. The highest BCUT2D eigenvalue weighted by Crippen LogP contribution is 2.38. The number of carbonyl (C=O) groups is 1. The van der Waals surface area contributed by atoms with Crippen LogP contribution >= 0.6 is 0 Å². The molecule has 0 aromatic carbocycles. The summed E-state index contributed by atoms with van der Waals surface area (Å²) in [5, 5.41) is 13.6. The predicted molar refractivity (Wildman–Crippen MR) is 72.4 cm³/mol. The molecule has 1 amide bonds. The first-order valence-electron chi connectivity index (χ1n) is 6.96. The second-order valence-electron chi connectivity index (χ2n) is 5.69. The van der Waals surface area contributed by atoms with Crippen molar-refractivity contribution in [1.29, 1.82) is 0 Å². The molecule has 0 saturated heterocycles. The van der Waals surface area contributed by atoms with Gasteiger partial charge in [-0.1, -0.05) is 0 Å². The highest BCUT2D eigenvalue weighted by atomic mass is 16.6. The summed E-state index contributed by atoms with van der Waals surface area (Å²) in [5.41, 5.74) is 6.27. The van der Waals surface area contributed by atoms with Gasteiger partial charge in [-0.15, -0.1) is 0 Å². The summed E-state index contributed by atoms with van der Waals surface area (Å²) in [6, 6.07) is 1.55. The van der Waals surface area contributed by atoms with E-state index in [0.29, 0.717) is 18.2 Å². The largest absolute Gasteiger partial charge is 0.349 e. The molecule has 20 heavy (non-hydrogen) atoms. The summed E-state index contributed by atoms with van der Waals surface area (Å²) in [4.78, 5) is 22.5. The van der Waals surface area contributed by atoms with Crippen molar-refractivity contribution in [1.82, 2.24) is 9.88 Å². The zero-order chi connectivity index (χ0) is 14.3. The van der Waals surface area contributed by atoms with Gasteiger partial charge < -0.3 is 15.6 Å². The van der Waals surface area contributed by atoms with Crippen molar-refractivity contribution in [2.45, 2.75) is 37.8 Å². The highest BCUT2D eigenvalue weighted by molar-refractivity contribution is 5.93. The minimum atomic E-state index is -0.467. The lowest BCUT2D eigenvalue weighted by atomic mass is 10.2. The molecule has 2 aliphatic carbocycles. The Morgan fingerprint density at radius 1 is 1.50 bits per heavy atom. The van der Waals surface area contributed by atoms with Crippen molar-refractivity contribution in [3.63, 3.8) is 0 Å². The second-order valence-corrected chi connectivity index (χ2v) is 5.69. The SMILES string of the molecule is NC(CNC(=O)c1cc([N+](=O)[O-])cn1C1CC1)C1CC1. The molecule has 1 atom stereocenters. The standard InChI is InChI=1S/C13H18N4O3/c14-11(8-1-2-8)6-15-13(18)12-5-10(17(19)20)7-16(12)9-3-4-9/h5,7-9,11H,1-4,6,14H2,(H,15,18). The minimum Gasteiger partial charge on any atom is -0.349 e. The Bertz CT molecular complexity index is 546. The number of amides is 1. The van der Waals surface area contributed by atoms with Crippen LogP contribution in [0, 0.1) is 16.0 Å². The van der Waals surface area contributed by atoms with Gasteiger partial charge >= 0.3 is 0 Å². The number of rotatable bonds is 6. The van der Waals surface area contributed by atoms with Gasteiger partial charge in [0.15, 0.2) is 0 Å². The molecule has 7 nitrogen and oxygen atoms in total. The number of nitrogens with two attached hydrogens (primary N) is 1. The van der Waals surface area contributed by atoms with Crippen LogP contribution in [0.5, 0.6) is 0 Å². The van der Waals surface area contributed by atoms with E-state index in [9.17, 15) is 14.9 Å². The summed E-state index contributed by atoms with van der Waals surface area (Å²) in [6.07, 6.45) is 5.64. The van der Waals surface area contributed by atoms with Gasteiger partial charge in [0.1, 0.15) is 5.69 Å². The third kappa shape index (κ3) is 2.67. The lowest BCUT2D eigenvalue weighted by Gasteiger charge is -2.12. The second kappa shape index (κ2) is 4.90. The van der Waals surface area contributed by atoms with Gasteiger partial charge in [0.25, 0.3) is 11.6 Å². The number of hydrogen-bond acceptors (Lipinski definition) is 4. The molecule has 0 radical (unpaired) electrons. The van der Waals surface area contributed by atoms with Crippen molar-refractivity contribution in [2.24, 2.45) is 11.7 Å². The maximum Gasteiger partial charge on any atom is 0.287 e. The summed E-state index contributed by atoms with van der Waals surface area (Å²) in [7, 11) is 0. The van der Waals surface area contributed by atoms with E-state index in [1.165, 1.54) is 12.3 Å². The Kier molecular flexibility index (Phi) is 3.21. The van der Waals surface area contributed by atoms with Gasteiger partial charge in [0, 0.05) is 24.7 Å². The number of carbonyl (C=O) groups excluding carboxylic acids is 1. The molecule has 0 spiro atoms. The molecule has 2 saturated carbocycles. The zero-order valence-electron chi connectivity index (χ0n) is 11.1. The summed E-state index contributed by atoms with van der Waals surface area (Å²) in [5.74, 6) is 0.237. The van der Waals surface area contributed by atoms with Crippen LogP contribution < -0.4 is 11.1 Å². The molecule has 3 rings (SSSR count). The number of nitrogens with one attached hydrogen (secondary N) is 1. The van der Waals surface area contributed by atoms with Crippen molar-refractivity contribution >= 4 is 11.6 Å². The van der Waals surface area contributed by atoms with Crippen molar-refractivity contribution in [2.75, 3.05) is 6.54 Å². The van der Waals surface area contributed by atoms with Crippen LogP contribution in [-0.4, -0.2) is 28.0 Å². The molecule has 7 heteroatoms. The minimum absolute atomic E-state index is 0.0155. The summed E-state index contributed by atoms with van der Waals surface area (Å²) >= 11 is 0. The topological polar surface area (TPSA) is 103 Å². The first-order chi connectivity index (χ1) is 9.56. The molecule has 1 aromatic heterocycles. The van der Waals surface area contributed by atoms with Crippen molar-refractivity contribution < 1.29 is 9.72 Å². The molecular weight excluding hydrogens is 260 g/mol. The van der Waals surface area contributed by atoms with Crippen molar-refractivity contribution in [3.8, 4) is 0 Å². The molecular formula is C13H18N4O3. The van der Waals surface area contributed by atoms with E-state index in [-0.39, 0.29) is 23.7 Å². The van der Waals surface area contributed by atoms with E-state index < -0.39 is 4.92 Å². The van der Waals surface area contributed by atoms with E-state index >= 15 is 0 Å². The van der Waals surface area contributed by atoms with Gasteiger partial charge in [-0.25, -0.2) is 0 Å². The zero-order valence-corrected chi connectivity index (χ0v) is 11.1. The molecule has 0 aliphatic heterocycles. The Morgan fingerprint density at radius 2 is 2.20 bits per heavy atom. The van der Waals surface area contributed by atoms with E-state index in [4.69, 9.17) is 5.73 Å². The molecule has 1 unspecified atom stereocenters.